The van der Waals surface area contributed by atoms with Gasteiger partial charge in [0.1, 0.15) is 5.75 Å². The lowest BCUT2D eigenvalue weighted by atomic mass is 10.3. The maximum Gasteiger partial charge on any atom is 0.233 e. The summed E-state index contributed by atoms with van der Waals surface area (Å²) < 4.78 is 5.11. The molecule has 0 aliphatic carbocycles. The first-order valence-corrected chi connectivity index (χ1v) is 8.09. The number of ether oxygens (including phenoxy) is 1. The Morgan fingerprint density at radius 1 is 1.30 bits per heavy atom. The first-order valence-electron chi connectivity index (χ1n) is 6.22. The van der Waals surface area contributed by atoms with Gasteiger partial charge in [-0.2, -0.15) is 0 Å². The van der Waals surface area contributed by atoms with Crippen LogP contribution in [0.3, 0.4) is 0 Å². The maximum absolute atomic E-state index is 12.1. The molecular weight excluding hydrogens is 290 g/mol. The van der Waals surface area contributed by atoms with E-state index in [0.717, 1.165) is 10.6 Å². The summed E-state index contributed by atoms with van der Waals surface area (Å²) in [6, 6.07) is 11.8. The summed E-state index contributed by atoms with van der Waals surface area (Å²) in [5.74, 6) is 1.42. The number of carbonyl (C=O) groups excluding carboxylic acids is 1. The van der Waals surface area contributed by atoms with E-state index >= 15 is 0 Å². The summed E-state index contributed by atoms with van der Waals surface area (Å²) in [4.78, 5) is 16.1. The normalized spacial score (nSPS) is 10.3. The molecule has 0 unspecified atom stereocenters. The topological polar surface area (TPSA) is 29.5 Å². The molecule has 0 bridgehead atoms. The van der Waals surface area contributed by atoms with Gasteiger partial charge in [0.25, 0.3) is 0 Å². The van der Waals surface area contributed by atoms with Crippen molar-refractivity contribution >= 4 is 29.0 Å². The van der Waals surface area contributed by atoms with Crippen LogP contribution in [0.2, 0.25) is 0 Å². The number of rotatable bonds is 6. The molecule has 0 aliphatic heterocycles. The van der Waals surface area contributed by atoms with Crippen LogP contribution in [0.25, 0.3) is 0 Å². The number of hydrogen-bond donors (Lipinski definition) is 0. The molecule has 0 spiro atoms. The van der Waals surface area contributed by atoms with Crippen molar-refractivity contribution < 1.29 is 9.53 Å². The molecule has 1 aromatic heterocycles. The molecule has 1 aromatic carbocycles. The molecule has 3 nitrogen and oxygen atoms in total. The van der Waals surface area contributed by atoms with Crippen LogP contribution in [-0.4, -0.2) is 30.7 Å². The van der Waals surface area contributed by atoms with E-state index in [0.29, 0.717) is 12.3 Å². The molecular formula is C15H17NO2S2. The molecule has 0 saturated carbocycles. The SMILES string of the molecule is COc1ccc(SCC(=O)N(C)Cc2cccs2)cc1. The van der Waals surface area contributed by atoms with Crippen LogP contribution >= 0.6 is 23.1 Å². The van der Waals surface area contributed by atoms with Gasteiger partial charge in [-0.15, -0.1) is 23.1 Å². The lowest BCUT2D eigenvalue weighted by Gasteiger charge is -2.15. The first kappa shape index (κ1) is 14.9. The average molecular weight is 307 g/mol. The Bertz CT molecular complexity index is 538. The van der Waals surface area contributed by atoms with Gasteiger partial charge in [0.05, 0.1) is 19.4 Å². The van der Waals surface area contributed by atoms with Crippen molar-refractivity contribution in [2.75, 3.05) is 19.9 Å². The molecule has 0 aliphatic rings. The van der Waals surface area contributed by atoms with Crippen LogP contribution in [0.5, 0.6) is 5.75 Å². The lowest BCUT2D eigenvalue weighted by Crippen LogP contribution is -2.27. The van der Waals surface area contributed by atoms with E-state index < -0.39 is 0 Å². The van der Waals surface area contributed by atoms with Gasteiger partial charge >= 0.3 is 0 Å². The minimum Gasteiger partial charge on any atom is -0.497 e. The second kappa shape index (κ2) is 7.36. The highest BCUT2D eigenvalue weighted by Crippen LogP contribution is 2.21. The lowest BCUT2D eigenvalue weighted by molar-refractivity contribution is -0.127. The van der Waals surface area contributed by atoms with E-state index in [4.69, 9.17) is 4.74 Å². The summed E-state index contributed by atoms with van der Waals surface area (Å²) in [6.45, 7) is 0.680. The zero-order valence-electron chi connectivity index (χ0n) is 11.5. The molecule has 0 N–H and O–H groups in total. The number of methoxy groups -OCH3 is 1. The predicted octanol–water partition coefficient (Wildman–Crippen LogP) is 3.51. The predicted molar refractivity (Wildman–Crippen MR) is 84.5 cm³/mol. The molecule has 1 amide bonds. The number of hydrogen-bond acceptors (Lipinski definition) is 4. The third kappa shape index (κ3) is 4.28. The quantitative estimate of drug-likeness (QED) is 0.765. The average Bonchev–Trinajstić information content (AvgIpc) is 2.98. The van der Waals surface area contributed by atoms with Gasteiger partial charge in [-0.3, -0.25) is 4.79 Å². The Labute approximate surface area is 127 Å². The van der Waals surface area contributed by atoms with Crippen molar-refractivity contribution in [3.8, 4) is 5.75 Å². The van der Waals surface area contributed by atoms with Gasteiger partial charge in [0, 0.05) is 16.8 Å². The highest BCUT2D eigenvalue weighted by atomic mass is 32.2. The Morgan fingerprint density at radius 3 is 2.65 bits per heavy atom. The molecule has 0 atom stereocenters. The number of benzene rings is 1. The number of thiophene rings is 1. The second-order valence-electron chi connectivity index (χ2n) is 4.29. The molecule has 0 saturated heterocycles. The fraction of sp³-hybridized carbons (Fsp3) is 0.267. The molecule has 106 valence electrons. The van der Waals surface area contributed by atoms with E-state index in [2.05, 4.69) is 0 Å². The van der Waals surface area contributed by atoms with E-state index in [1.807, 2.05) is 48.8 Å². The minimum absolute atomic E-state index is 0.138. The molecule has 5 heteroatoms. The van der Waals surface area contributed by atoms with Gasteiger partial charge in [0.15, 0.2) is 0 Å². The third-order valence-corrected chi connectivity index (χ3v) is 4.68. The molecule has 2 rings (SSSR count). The fourth-order valence-corrected chi connectivity index (χ4v) is 3.25. The summed E-state index contributed by atoms with van der Waals surface area (Å²) in [5.41, 5.74) is 0. The maximum atomic E-state index is 12.1. The summed E-state index contributed by atoms with van der Waals surface area (Å²) >= 11 is 3.22. The minimum atomic E-state index is 0.138. The highest BCUT2D eigenvalue weighted by molar-refractivity contribution is 8.00. The second-order valence-corrected chi connectivity index (χ2v) is 6.37. The van der Waals surface area contributed by atoms with Gasteiger partial charge < -0.3 is 9.64 Å². The molecule has 2 aromatic rings. The van der Waals surface area contributed by atoms with Crippen LogP contribution in [0.15, 0.2) is 46.7 Å². The van der Waals surface area contributed by atoms with Gasteiger partial charge in [0.2, 0.25) is 5.91 Å². The number of amides is 1. The van der Waals surface area contributed by atoms with Crippen LogP contribution in [0.1, 0.15) is 4.88 Å². The summed E-state index contributed by atoms with van der Waals surface area (Å²) in [5, 5.41) is 2.03. The smallest absolute Gasteiger partial charge is 0.233 e. The van der Waals surface area contributed by atoms with E-state index in [1.54, 1.807) is 35.1 Å². The van der Waals surface area contributed by atoms with E-state index in [9.17, 15) is 4.79 Å². The first-order chi connectivity index (χ1) is 9.69. The van der Waals surface area contributed by atoms with Crippen molar-refractivity contribution in [2.24, 2.45) is 0 Å². The Morgan fingerprint density at radius 2 is 2.05 bits per heavy atom. The fourth-order valence-electron chi connectivity index (χ4n) is 1.65. The van der Waals surface area contributed by atoms with Crippen molar-refractivity contribution in [3.63, 3.8) is 0 Å². The van der Waals surface area contributed by atoms with Gasteiger partial charge in [-0.1, -0.05) is 6.07 Å². The third-order valence-electron chi connectivity index (χ3n) is 2.82. The van der Waals surface area contributed by atoms with Crippen molar-refractivity contribution in [1.29, 1.82) is 0 Å². The number of thioether (sulfide) groups is 1. The zero-order valence-corrected chi connectivity index (χ0v) is 13.2. The van der Waals surface area contributed by atoms with Crippen molar-refractivity contribution in [2.45, 2.75) is 11.4 Å². The largest absolute Gasteiger partial charge is 0.497 e. The summed E-state index contributed by atoms with van der Waals surface area (Å²) in [6.07, 6.45) is 0. The Hall–Kier alpha value is -1.46. The molecule has 1 heterocycles. The Kier molecular flexibility index (Phi) is 5.49. The van der Waals surface area contributed by atoms with E-state index in [1.165, 1.54) is 4.88 Å². The highest BCUT2D eigenvalue weighted by Gasteiger charge is 2.10. The van der Waals surface area contributed by atoms with Crippen LogP contribution in [0, 0.1) is 0 Å². The van der Waals surface area contributed by atoms with Crippen molar-refractivity contribution in [3.05, 3.63) is 46.7 Å². The monoisotopic (exact) mass is 307 g/mol. The van der Waals surface area contributed by atoms with Crippen LogP contribution < -0.4 is 4.74 Å². The van der Waals surface area contributed by atoms with Gasteiger partial charge in [-0.25, -0.2) is 0 Å². The Balaban J connectivity index is 1.81. The van der Waals surface area contributed by atoms with Crippen molar-refractivity contribution in [1.82, 2.24) is 4.90 Å². The van der Waals surface area contributed by atoms with E-state index in [-0.39, 0.29) is 5.91 Å². The van der Waals surface area contributed by atoms with Crippen LogP contribution in [-0.2, 0) is 11.3 Å². The molecule has 0 radical (unpaired) electrons. The number of nitrogens with zero attached hydrogens (tertiary/aromatic N) is 1. The summed E-state index contributed by atoms with van der Waals surface area (Å²) in [7, 11) is 3.49. The zero-order chi connectivity index (χ0) is 14.4. The van der Waals surface area contributed by atoms with Crippen LogP contribution in [0.4, 0.5) is 0 Å². The molecule has 0 fully saturated rings. The standard InChI is InChI=1S/C15H17NO2S2/c1-16(10-14-4-3-9-19-14)15(17)11-20-13-7-5-12(18-2)6-8-13/h3-9H,10-11H2,1-2H3. The number of carbonyl (C=O) groups is 1. The molecule has 20 heavy (non-hydrogen) atoms. The van der Waals surface area contributed by atoms with Gasteiger partial charge in [-0.05, 0) is 35.7 Å².